The van der Waals surface area contributed by atoms with E-state index in [4.69, 9.17) is 20.8 Å². The second-order valence-electron chi connectivity index (χ2n) is 8.53. The molecular weight excluding hydrogens is 538 g/mol. The van der Waals surface area contributed by atoms with Crippen LogP contribution in [0.4, 0.5) is 5.69 Å². The normalized spacial score (nSPS) is 15.4. The SMILES string of the molecule is CCOC(=O)C1=C(O)/C(=C/c2cn(CC(=O)NCc3ccco3)c3ccccc23)SC1=Nc1ccc(Cl)cc1. The molecule has 0 bridgehead atoms. The summed E-state index contributed by atoms with van der Waals surface area (Å²) < 4.78 is 12.3. The summed E-state index contributed by atoms with van der Waals surface area (Å²) in [5.41, 5.74) is 2.21. The van der Waals surface area contributed by atoms with Crippen molar-refractivity contribution >= 4 is 62.9 Å². The van der Waals surface area contributed by atoms with Crippen LogP contribution in [0.25, 0.3) is 17.0 Å². The Bertz CT molecular complexity index is 1620. The van der Waals surface area contributed by atoms with Gasteiger partial charge in [0.1, 0.15) is 28.7 Å². The molecule has 198 valence electrons. The summed E-state index contributed by atoms with van der Waals surface area (Å²) in [6.07, 6.45) is 5.18. The Balaban J connectivity index is 1.47. The Kier molecular flexibility index (Phi) is 7.90. The summed E-state index contributed by atoms with van der Waals surface area (Å²) >= 11 is 7.16. The second-order valence-corrected chi connectivity index (χ2v) is 10.0. The molecular formula is C29H24ClN3O5S. The maximum Gasteiger partial charge on any atom is 0.344 e. The Morgan fingerprint density at radius 2 is 1.95 bits per heavy atom. The maximum absolute atomic E-state index is 12.8. The van der Waals surface area contributed by atoms with E-state index < -0.39 is 5.97 Å². The predicted octanol–water partition coefficient (Wildman–Crippen LogP) is 6.40. The number of aliphatic hydroxyl groups excluding tert-OH is 1. The number of aromatic nitrogens is 1. The van der Waals surface area contributed by atoms with Crippen molar-refractivity contribution in [2.24, 2.45) is 4.99 Å². The third kappa shape index (κ3) is 5.94. The second kappa shape index (κ2) is 11.7. The van der Waals surface area contributed by atoms with Crippen LogP contribution >= 0.6 is 23.4 Å². The molecule has 0 aliphatic carbocycles. The zero-order valence-electron chi connectivity index (χ0n) is 20.9. The zero-order valence-corrected chi connectivity index (χ0v) is 22.5. The number of nitrogens with one attached hydrogen (secondary N) is 1. The van der Waals surface area contributed by atoms with Crippen molar-refractivity contribution in [3.8, 4) is 0 Å². The van der Waals surface area contributed by atoms with Crippen LogP contribution in [0.15, 0.2) is 98.8 Å². The first-order chi connectivity index (χ1) is 18.9. The first-order valence-corrected chi connectivity index (χ1v) is 13.3. The van der Waals surface area contributed by atoms with Gasteiger partial charge in [-0.1, -0.05) is 41.6 Å². The smallest absolute Gasteiger partial charge is 0.344 e. The lowest BCUT2D eigenvalue weighted by atomic mass is 10.1. The first kappa shape index (κ1) is 26.4. The molecule has 3 heterocycles. The lowest BCUT2D eigenvalue weighted by Crippen LogP contribution is -2.26. The van der Waals surface area contributed by atoms with E-state index >= 15 is 0 Å². The van der Waals surface area contributed by atoms with Gasteiger partial charge in [-0.3, -0.25) is 4.79 Å². The van der Waals surface area contributed by atoms with Crippen LogP contribution in [-0.4, -0.2) is 33.2 Å². The van der Waals surface area contributed by atoms with Gasteiger partial charge in [0.25, 0.3) is 0 Å². The highest BCUT2D eigenvalue weighted by molar-refractivity contribution is 8.18. The molecule has 8 nitrogen and oxygen atoms in total. The van der Waals surface area contributed by atoms with Gasteiger partial charge in [0.2, 0.25) is 5.91 Å². The third-order valence-electron chi connectivity index (χ3n) is 5.89. The molecule has 0 unspecified atom stereocenters. The fourth-order valence-electron chi connectivity index (χ4n) is 4.10. The van der Waals surface area contributed by atoms with Crippen molar-refractivity contribution in [2.45, 2.75) is 20.0 Å². The van der Waals surface area contributed by atoms with E-state index in [2.05, 4.69) is 10.3 Å². The molecule has 2 N–H and O–H groups in total. The van der Waals surface area contributed by atoms with Crippen LogP contribution in [0.3, 0.4) is 0 Å². The molecule has 10 heteroatoms. The molecule has 39 heavy (non-hydrogen) atoms. The molecule has 4 aromatic rings. The molecule has 0 saturated carbocycles. The van der Waals surface area contributed by atoms with Gasteiger partial charge in [-0.2, -0.15) is 0 Å². The van der Waals surface area contributed by atoms with Gasteiger partial charge in [-0.05, 0) is 55.5 Å². The molecule has 1 aliphatic heterocycles. The number of amides is 1. The number of furan rings is 1. The molecule has 0 fully saturated rings. The van der Waals surface area contributed by atoms with E-state index in [1.165, 1.54) is 11.8 Å². The van der Waals surface area contributed by atoms with Crippen molar-refractivity contribution in [3.63, 3.8) is 0 Å². The summed E-state index contributed by atoms with van der Waals surface area (Å²) in [5, 5.41) is 15.7. The summed E-state index contributed by atoms with van der Waals surface area (Å²) in [7, 11) is 0. The lowest BCUT2D eigenvalue weighted by molar-refractivity contribution is -0.138. The number of para-hydroxylation sites is 1. The Hall–Kier alpha value is -4.21. The van der Waals surface area contributed by atoms with E-state index in [1.807, 2.05) is 35.0 Å². The fraction of sp³-hybridized carbons (Fsp3) is 0.138. The number of nitrogens with zero attached hydrogens (tertiary/aromatic N) is 2. The van der Waals surface area contributed by atoms with E-state index in [1.54, 1.807) is 55.7 Å². The number of thioether (sulfide) groups is 1. The molecule has 0 radical (unpaired) electrons. The van der Waals surface area contributed by atoms with E-state index in [0.717, 1.165) is 16.5 Å². The number of fused-ring (bicyclic) bond motifs is 1. The molecule has 1 amide bonds. The van der Waals surface area contributed by atoms with Gasteiger partial charge >= 0.3 is 5.97 Å². The van der Waals surface area contributed by atoms with E-state index in [0.29, 0.717) is 33.0 Å². The van der Waals surface area contributed by atoms with Crippen LogP contribution in [0.1, 0.15) is 18.2 Å². The van der Waals surface area contributed by atoms with Crippen LogP contribution in [0.5, 0.6) is 0 Å². The number of aliphatic imine (C=N–C) groups is 1. The number of esters is 1. The topological polar surface area (TPSA) is 106 Å². The van der Waals surface area contributed by atoms with Gasteiger partial charge in [0.15, 0.2) is 0 Å². The fourth-order valence-corrected chi connectivity index (χ4v) is 5.25. The predicted molar refractivity (Wildman–Crippen MR) is 153 cm³/mol. The first-order valence-electron chi connectivity index (χ1n) is 12.1. The van der Waals surface area contributed by atoms with Crippen LogP contribution in [-0.2, 0) is 27.4 Å². The number of carbonyl (C=O) groups is 2. The van der Waals surface area contributed by atoms with Crippen molar-refractivity contribution < 1.29 is 23.8 Å². The molecule has 2 aromatic heterocycles. The molecule has 1 aliphatic rings. The highest BCUT2D eigenvalue weighted by atomic mass is 35.5. The van der Waals surface area contributed by atoms with E-state index in [9.17, 15) is 14.7 Å². The standard InChI is InChI=1S/C29H24ClN3O5S/c1-2-37-29(36)26-27(35)24(39-28(26)32-20-11-9-19(30)10-12-20)14-18-16-33(23-8-4-3-7-22(18)23)17-25(34)31-15-21-6-5-13-38-21/h3-14,16,35H,2,15,17H2,1H3,(H,31,34)/b24-14-,32-28?. The monoisotopic (exact) mass is 561 g/mol. The molecule has 5 rings (SSSR count). The summed E-state index contributed by atoms with van der Waals surface area (Å²) in [6, 6.07) is 18.1. The number of benzene rings is 2. The minimum atomic E-state index is -0.658. The number of carbonyl (C=O) groups excluding carboxylic acids is 2. The summed E-state index contributed by atoms with van der Waals surface area (Å²) in [6.45, 7) is 2.24. The largest absolute Gasteiger partial charge is 0.506 e. The van der Waals surface area contributed by atoms with Gasteiger partial charge in [0, 0.05) is 27.7 Å². The highest BCUT2D eigenvalue weighted by Crippen LogP contribution is 2.41. The highest BCUT2D eigenvalue weighted by Gasteiger charge is 2.33. The maximum atomic E-state index is 12.8. The lowest BCUT2D eigenvalue weighted by Gasteiger charge is -2.06. The number of halogens is 1. The molecule has 0 spiro atoms. The third-order valence-corrected chi connectivity index (χ3v) is 7.16. The van der Waals surface area contributed by atoms with E-state index in [-0.39, 0.29) is 30.4 Å². The number of hydrogen-bond donors (Lipinski definition) is 2. The van der Waals surface area contributed by atoms with Gasteiger partial charge in [-0.15, -0.1) is 0 Å². The van der Waals surface area contributed by atoms with Crippen molar-refractivity contribution in [1.82, 2.24) is 9.88 Å². The van der Waals surface area contributed by atoms with Crippen LogP contribution in [0, 0.1) is 0 Å². The number of hydrogen-bond acceptors (Lipinski definition) is 7. The van der Waals surface area contributed by atoms with Gasteiger partial charge in [-0.25, -0.2) is 9.79 Å². The van der Waals surface area contributed by atoms with Gasteiger partial charge < -0.3 is 24.1 Å². The number of ether oxygens (including phenoxy) is 1. The molecule has 0 atom stereocenters. The Morgan fingerprint density at radius 1 is 1.15 bits per heavy atom. The quantitative estimate of drug-likeness (QED) is 0.241. The average Bonchev–Trinajstić information content (AvgIpc) is 3.64. The van der Waals surface area contributed by atoms with Crippen molar-refractivity contribution in [2.75, 3.05) is 6.61 Å². The van der Waals surface area contributed by atoms with Crippen molar-refractivity contribution in [3.05, 3.63) is 106 Å². The number of aliphatic hydroxyl groups is 1. The summed E-state index contributed by atoms with van der Waals surface area (Å²) in [4.78, 5) is 30.4. The average molecular weight is 562 g/mol. The minimum Gasteiger partial charge on any atom is -0.506 e. The number of rotatable bonds is 8. The Morgan fingerprint density at radius 3 is 2.69 bits per heavy atom. The Labute approximate surface area is 233 Å². The zero-order chi connectivity index (χ0) is 27.4. The molecule has 0 saturated heterocycles. The van der Waals surface area contributed by atoms with Gasteiger partial charge in [0.05, 0.1) is 30.0 Å². The summed E-state index contributed by atoms with van der Waals surface area (Å²) in [5.74, 6) is -0.375. The van der Waals surface area contributed by atoms with Crippen LogP contribution in [0.2, 0.25) is 5.02 Å². The molecule has 2 aromatic carbocycles. The van der Waals surface area contributed by atoms with Crippen LogP contribution < -0.4 is 5.32 Å². The minimum absolute atomic E-state index is 0.00379. The van der Waals surface area contributed by atoms with Crippen molar-refractivity contribution in [1.29, 1.82) is 0 Å².